The Morgan fingerprint density at radius 3 is 2.19 bits per heavy atom. The Bertz CT molecular complexity index is 456. The Hall–Kier alpha value is -1.53. The van der Waals surface area contributed by atoms with Crippen LogP contribution in [0.2, 0.25) is 0 Å². The van der Waals surface area contributed by atoms with Crippen LogP contribution in [0.15, 0.2) is 6.07 Å². The van der Waals surface area contributed by atoms with Gasteiger partial charge in [0.25, 0.3) is 0 Å². The molecule has 0 aliphatic heterocycles. The molecule has 1 rings (SSSR count). The molecular formula is C14H23F3N4. The first kappa shape index (κ1) is 17.5. The Balaban J connectivity index is 3.12. The Morgan fingerprint density at radius 1 is 1.10 bits per heavy atom. The predicted octanol–water partition coefficient (Wildman–Crippen LogP) is 4.31. The van der Waals surface area contributed by atoms with E-state index >= 15 is 0 Å². The number of alkyl halides is 3. The first-order valence-electron chi connectivity index (χ1n) is 7.22. The van der Waals surface area contributed by atoms with Crippen LogP contribution in [0.1, 0.15) is 52.7 Å². The summed E-state index contributed by atoms with van der Waals surface area (Å²) in [6.07, 6.45) is -2.14. The number of hydrogen-bond donors (Lipinski definition) is 2. The highest BCUT2D eigenvalue weighted by atomic mass is 19.4. The van der Waals surface area contributed by atoms with E-state index in [0.717, 1.165) is 25.3 Å². The topological polar surface area (TPSA) is 49.8 Å². The van der Waals surface area contributed by atoms with Gasteiger partial charge in [-0.2, -0.15) is 18.2 Å². The van der Waals surface area contributed by atoms with E-state index in [0.29, 0.717) is 6.54 Å². The van der Waals surface area contributed by atoms with Gasteiger partial charge in [0.05, 0.1) is 0 Å². The molecule has 1 aromatic heterocycles. The van der Waals surface area contributed by atoms with Gasteiger partial charge in [-0.25, -0.2) is 4.98 Å². The molecule has 1 aromatic rings. The van der Waals surface area contributed by atoms with Crippen molar-refractivity contribution < 1.29 is 13.2 Å². The SMILES string of the molecule is CCCNc1nc(NC(C)(CC)CC)cc(C(F)(F)F)n1. The molecule has 0 saturated carbocycles. The average Bonchev–Trinajstić information content (AvgIpc) is 2.43. The highest BCUT2D eigenvalue weighted by molar-refractivity contribution is 5.45. The maximum atomic E-state index is 12.9. The maximum Gasteiger partial charge on any atom is 0.433 e. The Labute approximate surface area is 123 Å². The lowest BCUT2D eigenvalue weighted by atomic mass is 9.95. The molecule has 0 spiro atoms. The molecule has 0 unspecified atom stereocenters. The van der Waals surface area contributed by atoms with E-state index in [4.69, 9.17) is 0 Å². The van der Waals surface area contributed by atoms with E-state index in [9.17, 15) is 13.2 Å². The van der Waals surface area contributed by atoms with Gasteiger partial charge in [-0.05, 0) is 26.2 Å². The number of rotatable bonds is 7. The third kappa shape index (κ3) is 5.06. The molecule has 7 heteroatoms. The Kier molecular flexibility index (Phi) is 5.80. The molecule has 0 radical (unpaired) electrons. The molecule has 2 N–H and O–H groups in total. The van der Waals surface area contributed by atoms with Crippen molar-refractivity contribution in [1.29, 1.82) is 0 Å². The highest BCUT2D eigenvalue weighted by Crippen LogP contribution is 2.31. The number of aromatic nitrogens is 2. The van der Waals surface area contributed by atoms with Crippen LogP contribution in [0.4, 0.5) is 24.9 Å². The van der Waals surface area contributed by atoms with Gasteiger partial charge in [-0.1, -0.05) is 20.8 Å². The summed E-state index contributed by atoms with van der Waals surface area (Å²) in [6.45, 7) is 8.38. The summed E-state index contributed by atoms with van der Waals surface area (Å²) in [5.41, 5.74) is -1.23. The van der Waals surface area contributed by atoms with Crippen LogP contribution < -0.4 is 10.6 Å². The Morgan fingerprint density at radius 2 is 1.71 bits per heavy atom. The molecule has 0 fully saturated rings. The predicted molar refractivity (Wildman–Crippen MR) is 78.4 cm³/mol. The van der Waals surface area contributed by atoms with Crippen LogP contribution in [-0.4, -0.2) is 22.1 Å². The van der Waals surface area contributed by atoms with Crippen molar-refractivity contribution >= 4 is 11.8 Å². The molecule has 0 aromatic carbocycles. The molecule has 0 atom stereocenters. The van der Waals surface area contributed by atoms with E-state index in [2.05, 4.69) is 20.6 Å². The van der Waals surface area contributed by atoms with Crippen LogP contribution in [0, 0.1) is 0 Å². The van der Waals surface area contributed by atoms with Gasteiger partial charge in [-0.3, -0.25) is 0 Å². The van der Waals surface area contributed by atoms with Crippen LogP contribution in [0.25, 0.3) is 0 Å². The fraction of sp³-hybridized carbons (Fsp3) is 0.714. The van der Waals surface area contributed by atoms with Crippen molar-refractivity contribution in [1.82, 2.24) is 9.97 Å². The standard InChI is InChI=1S/C14H23F3N4/c1-5-8-18-12-19-10(14(15,16)17)9-11(20-12)21-13(4,6-2)7-3/h9H,5-8H2,1-4H3,(H2,18,19,20,21). The fourth-order valence-electron chi connectivity index (χ4n) is 1.71. The zero-order valence-corrected chi connectivity index (χ0v) is 12.9. The molecule has 0 bridgehead atoms. The minimum atomic E-state index is -4.49. The normalized spacial score (nSPS) is 12.3. The second kappa shape index (κ2) is 6.95. The van der Waals surface area contributed by atoms with Gasteiger partial charge in [0.2, 0.25) is 5.95 Å². The molecular weight excluding hydrogens is 281 g/mol. The first-order valence-corrected chi connectivity index (χ1v) is 7.22. The summed E-state index contributed by atoms with van der Waals surface area (Å²) in [5, 5.41) is 5.90. The third-order valence-corrected chi connectivity index (χ3v) is 3.54. The highest BCUT2D eigenvalue weighted by Gasteiger charge is 2.34. The second-order valence-electron chi connectivity index (χ2n) is 5.28. The first-order chi connectivity index (χ1) is 9.74. The quantitative estimate of drug-likeness (QED) is 0.788. The molecule has 0 aliphatic carbocycles. The zero-order chi connectivity index (χ0) is 16.1. The van der Waals surface area contributed by atoms with Crippen LogP contribution in [-0.2, 0) is 6.18 Å². The number of anilines is 2. The summed E-state index contributed by atoms with van der Waals surface area (Å²) in [4.78, 5) is 7.67. The third-order valence-electron chi connectivity index (χ3n) is 3.54. The molecule has 4 nitrogen and oxygen atoms in total. The average molecular weight is 304 g/mol. The van der Waals surface area contributed by atoms with Crippen molar-refractivity contribution in [2.24, 2.45) is 0 Å². The number of nitrogens with zero attached hydrogens (tertiary/aromatic N) is 2. The van der Waals surface area contributed by atoms with Gasteiger partial charge in [-0.15, -0.1) is 0 Å². The summed E-state index contributed by atoms with van der Waals surface area (Å²) in [6, 6.07) is 0.959. The maximum absolute atomic E-state index is 12.9. The van der Waals surface area contributed by atoms with E-state index in [1.807, 2.05) is 27.7 Å². The molecule has 0 saturated heterocycles. The molecule has 1 heterocycles. The lowest BCUT2D eigenvalue weighted by molar-refractivity contribution is -0.141. The van der Waals surface area contributed by atoms with Gasteiger partial charge < -0.3 is 10.6 Å². The van der Waals surface area contributed by atoms with Crippen LogP contribution >= 0.6 is 0 Å². The lowest BCUT2D eigenvalue weighted by Crippen LogP contribution is -2.33. The summed E-state index contributed by atoms with van der Waals surface area (Å²) in [7, 11) is 0. The largest absolute Gasteiger partial charge is 0.433 e. The van der Waals surface area contributed by atoms with Crippen LogP contribution in [0.3, 0.4) is 0 Å². The van der Waals surface area contributed by atoms with E-state index < -0.39 is 11.9 Å². The van der Waals surface area contributed by atoms with E-state index in [-0.39, 0.29) is 17.3 Å². The van der Waals surface area contributed by atoms with Crippen molar-refractivity contribution in [2.45, 2.75) is 58.7 Å². The minimum absolute atomic E-state index is 0.00345. The smallest absolute Gasteiger partial charge is 0.365 e. The number of hydrogen-bond acceptors (Lipinski definition) is 4. The lowest BCUT2D eigenvalue weighted by Gasteiger charge is -2.29. The van der Waals surface area contributed by atoms with Crippen molar-refractivity contribution in [2.75, 3.05) is 17.2 Å². The van der Waals surface area contributed by atoms with Crippen LogP contribution in [0.5, 0.6) is 0 Å². The zero-order valence-electron chi connectivity index (χ0n) is 12.9. The number of nitrogens with one attached hydrogen (secondary N) is 2. The molecule has 0 aliphatic rings. The van der Waals surface area contributed by atoms with Gasteiger partial charge in [0, 0.05) is 18.2 Å². The van der Waals surface area contributed by atoms with E-state index in [1.165, 1.54) is 0 Å². The molecule has 0 amide bonds. The van der Waals surface area contributed by atoms with Gasteiger partial charge in [0.1, 0.15) is 5.82 Å². The van der Waals surface area contributed by atoms with Gasteiger partial charge >= 0.3 is 6.18 Å². The summed E-state index contributed by atoms with van der Waals surface area (Å²) in [5.74, 6) is 0.200. The monoisotopic (exact) mass is 304 g/mol. The number of halogens is 3. The van der Waals surface area contributed by atoms with E-state index in [1.54, 1.807) is 0 Å². The minimum Gasteiger partial charge on any atom is -0.365 e. The van der Waals surface area contributed by atoms with Gasteiger partial charge in [0.15, 0.2) is 5.69 Å². The second-order valence-corrected chi connectivity index (χ2v) is 5.28. The summed E-state index contributed by atoms with van der Waals surface area (Å²) >= 11 is 0. The molecule has 21 heavy (non-hydrogen) atoms. The van der Waals surface area contributed by atoms with Crippen molar-refractivity contribution in [3.63, 3.8) is 0 Å². The van der Waals surface area contributed by atoms with Crippen molar-refractivity contribution in [3.05, 3.63) is 11.8 Å². The summed E-state index contributed by atoms with van der Waals surface area (Å²) < 4.78 is 38.8. The molecule has 120 valence electrons. The fourth-order valence-corrected chi connectivity index (χ4v) is 1.71. The van der Waals surface area contributed by atoms with Crippen molar-refractivity contribution in [3.8, 4) is 0 Å².